The lowest BCUT2D eigenvalue weighted by atomic mass is 10.3. The van der Waals surface area contributed by atoms with Gasteiger partial charge >= 0.3 is 6.18 Å². The van der Waals surface area contributed by atoms with Crippen molar-refractivity contribution < 1.29 is 23.0 Å². The maximum Gasteiger partial charge on any atom is 0.417 e. The molecule has 2 rings (SSSR count). The number of ether oxygens (including phenoxy) is 1. The van der Waals surface area contributed by atoms with E-state index in [-0.39, 0.29) is 42.6 Å². The number of guanidine groups is 1. The first-order valence-corrected chi connectivity index (χ1v) is 7.77. The number of halogens is 4. The summed E-state index contributed by atoms with van der Waals surface area (Å²) in [4.78, 5) is 9.99. The van der Waals surface area contributed by atoms with Crippen LogP contribution in [0.2, 0.25) is 0 Å². The second kappa shape index (κ2) is 10.00. The summed E-state index contributed by atoms with van der Waals surface area (Å²) in [6, 6.07) is 2.12. The van der Waals surface area contributed by atoms with Crippen molar-refractivity contribution in [3.05, 3.63) is 23.9 Å². The van der Waals surface area contributed by atoms with Crippen LogP contribution in [-0.4, -0.2) is 59.8 Å². The third-order valence-corrected chi connectivity index (χ3v) is 3.46. The van der Waals surface area contributed by atoms with Crippen LogP contribution in [0.1, 0.15) is 18.9 Å². The Morgan fingerprint density at radius 3 is 2.76 bits per heavy atom. The van der Waals surface area contributed by atoms with E-state index in [1.165, 1.54) is 6.07 Å². The minimum absolute atomic E-state index is 0. The van der Waals surface area contributed by atoms with Crippen molar-refractivity contribution in [2.45, 2.75) is 25.6 Å². The minimum Gasteiger partial charge on any atom is -0.476 e. The van der Waals surface area contributed by atoms with E-state index in [9.17, 15) is 18.3 Å². The van der Waals surface area contributed by atoms with Gasteiger partial charge in [-0.15, -0.1) is 24.0 Å². The molecule has 1 aromatic heterocycles. The van der Waals surface area contributed by atoms with Crippen LogP contribution >= 0.6 is 24.0 Å². The van der Waals surface area contributed by atoms with Crippen molar-refractivity contribution in [2.75, 3.05) is 32.8 Å². The first kappa shape index (κ1) is 21.7. The van der Waals surface area contributed by atoms with E-state index in [0.717, 1.165) is 18.8 Å². The number of β-amino-alcohol motifs (C(OH)–C–C–N with tert-alkyl or cyclic N) is 1. The number of nitrogens with zero attached hydrogens (tertiary/aromatic N) is 3. The van der Waals surface area contributed by atoms with Crippen molar-refractivity contribution in [3.8, 4) is 5.88 Å². The predicted octanol–water partition coefficient (Wildman–Crippen LogP) is 2.13. The molecule has 0 unspecified atom stereocenters. The molecular formula is C15H22F3IN4O2. The van der Waals surface area contributed by atoms with Crippen molar-refractivity contribution in [1.29, 1.82) is 0 Å². The summed E-state index contributed by atoms with van der Waals surface area (Å²) in [5, 5.41) is 12.7. The first-order chi connectivity index (χ1) is 11.4. The van der Waals surface area contributed by atoms with Crippen LogP contribution in [0.5, 0.6) is 5.88 Å². The first-order valence-electron chi connectivity index (χ1n) is 7.77. The fraction of sp³-hybridized carbons (Fsp3) is 0.600. The molecule has 2 N–H and O–H groups in total. The van der Waals surface area contributed by atoms with Crippen LogP contribution in [0, 0.1) is 0 Å². The summed E-state index contributed by atoms with van der Waals surface area (Å²) in [5.41, 5.74) is -0.810. The maximum absolute atomic E-state index is 12.4. The van der Waals surface area contributed by atoms with Crippen LogP contribution < -0.4 is 10.1 Å². The molecule has 1 saturated heterocycles. The van der Waals surface area contributed by atoms with Gasteiger partial charge in [0.15, 0.2) is 5.96 Å². The molecule has 1 aromatic rings. The highest BCUT2D eigenvalue weighted by Crippen LogP contribution is 2.29. The van der Waals surface area contributed by atoms with Gasteiger partial charge in [-0.05, 0) is 19.4 Å². The summed E-state index contributed by atoms with van der Waals surface area (Å²) in [7, 11) is 0. The number of aromatic nitrogens is 1. The van der Waals surface area contributed by atoms with Gasteiger partial charge in [0.2, 0.25) is 5.88 Å². The van der Waals surface area contributed by atoms with Gasteiger partial charge in [0.25, 0.3) is 0 Å². The molecule has 0 aromatic carbocycles. The van der Waals surface area contributed by atoms with Crippen molar-refractivity contribution >= 4 is 29.9 Å². The smallest absolute Gasteiger partial charge is 0.417 e. The van der Waals surface area contributed by atoms with Crippen LogP contribution in [0.15, 0.2) is 23.3 Å². The third kappa shape index (κ3) is 6.84. The fourth-order valence-corrected chi connectivity index (χ4v) is 2.30. The van der Waals surface area contributed by atoms with Gasteiger partial charge in [0.05, 0.1) is 18.2 Å². The summed E-state index contributed by atoms with van der Waals surface area (Å²) in [6.45, 7) is 4.44. The Hall–Kier alpha value is -1.30. The minimum atomic E-state index is -4.41. The van der Waals surface area contributed by atoms with E-state index >= 15 is 0 Å². The SMILES string of the molecule is CCNC(=NCCOc1ccc(C(F)(F)F)cn1)N1CC[C@@H](O)C1.I. The van der Waals surface area contributed by atoms with E-state index in [4.69, 9.17) is 4.74 Å². The van der Waals surface area contributed by atoms with Gasteiger partial charge in [-0.1, -0.05) is 0 Å². The second-order valence-electron chi connectivity index (χ2n) is 5.36. The van der Waals surface area contributed by atoms with Crippen molar-refractivity contribution in [3.63, 3.8) is 0 Å². The number of nitrogens with one attached hydrogen (secondary N) is 1. The zero-order valence-electron chi connectivity index (χ0n) is 13.8. The quantitative estimate of drug-likeness (QED) is 0.296. The number of rotatable bonds is 5. The van der Waals surface area contributed by atoms with E-state index in [1.54, 1.807) is 0 Å². The number of hydrogen-bond acceptors (Lipinski definition) is 4. The molecule has 0 radical (unpaired) electrons. The van der Waals surface area contributed by atoms with Gasteiger partial charge in [0.1, 0.15) is 6.61 Å². The monoisotopic (exact) mass is 474 g/mol. The summed E-state index contributed by atoms with van der Waals surface area (Å²) in [5.74, 6) is 0.817. The molecule has 1 fully saturated rings. The number of aliphatic hydroxyl groups excluding tert-OH is 1. The van der Waals surface area contributed by atoms with Gasteiger partial charge in [0, 0.05) is 31.9 Å². The van der Waals surface area contributed by atoms with Crippen LogP contribution in [-0.2, 0) is 6.18 Å². The Morgan fingerprint density at radius 2 is 2.24 bits per heavy atom. The third-order valence-electron chi connectivity index (χ3n) is 3.46. The summed E-state index contributed by atoms with van der Waals surface area (Å²) >= 11 is 0. The summed E-state index contributed by atoms with van der Waals surface area (Å²) in [6.07, 6.45) is -3.30. The fourth-order valence-electron chi connectivity index (χ4n) is 2.30. The van der Waals surface area contributed by atoms with Crippen LogP contribution in [0.25, 0.3) is 0 Å². The van der Waals surface area contributed by atoms with Gasteiger partial charge in [-0.2, -0.15) is 13.2 Å². The van der Waals surface area contributed by atoms with Gasteiger partial charge in [-0.3, -0.25) is 0 Å². The Bertz CT molecular complexity index is 555. The molecule has 0 spiro atoms. The molecule has 2 heterocycles. The standard InChI is InChI=1S/C15H21F3N4O2.HI/c1-2-19-14(22-7-5-12(23)10-22)20-6-8-24-13-4-3-11(9-21-13)15(16,17)18;/h3-4,9,12,23H,2,5-8,10H2,1H3,(H,19,20);1H/t12-;/m1./s1. The zero-order valence-corrected chi connectivity index (χ0v) is 16.1. The Kier molecular flexibility index (Phi) is 8.69. The van der Waals surface area contributed by atoms with Crippen molar-refractivity contribution in [2.24, 2.45) is 4.99 Å². The number of alkyl halides is 3. The Morgan fingerprint density at radius 1 is 1.48 bits per heavy atom. The average molecular weight is 474 g/mol. The van der Waals surface area contributed by atoms with E-state index in [1.807, 2.05) is 11.8 Å². The van der Waals surface area contributed by atoms with Crippen LogP contribution in [0.3, 0.4) is 0 Å². The van der Waals surface area contributed by atoms with E-state index in [0.29, 0.717) is 32.0 Å². The van der Waals surface area contributed by atoms with Gasteiger partial charge < -0.3 is 20.1 Å². The molecule has 1 atom stereocenters. The number of hydrogen-bond donors (Lipinski definition) is 2. The predicted molar refractivity (Wildman–Crippen MR) is 98.3 cm³/mol. The highest BCUT2D eigenvalue weighted by molar-refractivity contribution is 14.0. The Labute approximate surface area is 161 Å². The molecular weight excluding hydrogens is 452 g/mol. The largest absolute Gasteiger partial charge is 0.476 e. The lowest BCUT2D eigenvalue weighted by Gasteiger charge is -2.20. The molecule has 6 nitrogen and oxygen atoms in total. The summed E-state index contributed by atoms with van der Waals surface area (Å²) < 4.78 is 42.6. The lowest BCUT2D eigenvalue weighted by Crippen LogP contribution is -2.40. The molecule has 142 valence electrons. The Balaban J connectivity index is 0.00000312. The zero-order chi connectivity index (χ0) is 17.6. The topological polar surface area (TPSA) is 70.0 Å². The van der Waals surface area contributed by atoms with Gasteiger partial charge in [-0.25, -0.2) is 9.98 Å². The number of aliphatic imine (C=N–C) groups is 1. The molecule has 0 bridgehead atoms. The molecule has 1 aliphatic heterocycles. The molecule has 0 amide bonds. The molecule has 10 heteroatoms. The highest BCUT2D eigenvalue weighted by atomic mass is 127. The number of aliphatic hydroxyl groups is 1. The molecule has 0 aliphatic carbocycles. The molecule has 1 aliphatic rings. The normalized spacial score (nSPS) is 18.0. The number of likely N-dealkylation sites (tertiary alicyclic amines) is 1. The molecule has 0 saturated carbocycles. The lowest BCUT2D eigenvalue weighted by molar-refractivity contribution is -0.137. The molecule has 25 heavy (non-hydrogen) atoms. The maximum atomic E-state index is 12.4. The second-order valence-corrected chi connectivity index (χ2v) is 5.36. The number of pyridine rings is 1. The van der Waals surface area contributed by atoms with E-state index in [2.05, 4.69) is 15.3 Å². The van der Waals surface area contributed by atoms with Crippen molar-refractivity contribution in [1.82, 2.24) is 15.2 Å². The highest BCUT2D eigenvalue weighted by Gasteiger charge is 2.30. The van der Waals surface area contributed by atoms with E-state index < -0.39 is 11.7 Å². The average Bonchev–Trinajstić information content (AvgIpc) is 2.96. The van der Waals surface area contributed by atoms with Crippen LogP contribution in [0.4, 0.5) is 13.2 Å².